The summed E-state index contributed by atoms with van der Waals surface area (Å²) in [4.78, 5) is 13.6. The molecular formula is C20H23N3O3S. The van der Waals surface area contributed by atoms with Crippen LogP contribution >= 0.6 is 0 Å². The SMILES string of the molecule is CC(=O)N(CCNS(=O)(=O)c1ccc(C(C)C)cc1)c1cccc(C#N)c1. The van der Waals surface area contributed by atoms with Crippen molar-refractivity contribution in [3.05, 3.63) is 59.7 Å². The van der Waals surface area contributed by atoms with Gasteiger partial charge in [-0.1, -0.05) is 32.0 Å². The van der Waals surface area contributed by atoms with Gasteiger partial charge in [-0.3, -0.25) is 4.79 Å². The maximum Gasteiger partial charge on any atom is 0.240 e. The van der Waals surface area contributed by atoms with Crippen LogP contribution in [0.25, 0.3) is 0 Å². The summed E-state index contributed by atoms with van der Waals surface area (Å²) in [5, 5.41) is 9.00. The van der Waals surface area contributed by atoms with Crippen molar-refractivity contribution in [1.29, 1.82) is 5.26 Å². The summed E-state index contributed by atoms with van der Waals surface area (Å²) in [5.74, 6) is 0.0913. The molecule has 2 rings (SSSR count). The van der Waals surface area contributed by atoms with Crippen molar-refractivity contribution >= 4 is 21.6 Å². The lowest BCUT2D eigenvalue weighted by Gasteiger charge is -2.21. The van der Waals surface area contributed by atoms with Crippen molar-refractivity contribution in [2.75, 3.05) is 18.0 Å². The number of anilines is 1. The summed E-state index contributed by atoms with van der Waals surface area (Å²) in [6.45, 7) is 5.70. The molecule has 142 valence electrons. The molecule has 0 unspecified atom stereocenters. The fourth-order valence-electron chi connectivity index (χ4n) is 2.62. The van der Waals surface area contributed by atoms with E-state index in [0.717, 1.165) is 5.56 Å². The third kappa shape index (κ3) is 5.39. The zero-order valence-electron chi connectivity index (χ0n) is 15.6. The maximum absolute atomic E-state index is 12.4. The van der Waals surface area contributed by atoms with Gasteiger partial charge in [0.05, 0.1) is 16.5 Å². The second-order valence-corrected chi connectivity index (χ2v) is 8.22. The van der Waals surface area contributed by atoms with Gasteiger partial charge in [-0.05, 0) is 41.8 Å². The van der Waals surface area contributed by atoms with Crippen molar-refractivity contribution in [3.63, 3.8) is 0 Å². The molecule has 0 heterocycles. The molecule has 27 heavy (non-hydrogen) atoms. The summed E-state index contributed by atoms with van der Waals surface area (Å²) < 4.78 is 27.4. The van der Waals surface area contributed by atoms with Gasteiger partial charge in [0.15, 0.2) is 0 Å². The normalized spacial score (nSPS) is 11.2. The Morgan fingerprint density at radius 2 is 1.85 bits per heavy atom. The van der Waals surface area contributed by atoms with Crippen molar-refractivity contribution in [2.24, 2.45) is 0 Å². The van der Waals surface area contributed by atoms with Gasteiger partial charge in [-0.2, -0.15) is 5.26 Å². The molecule has 0 fully saturated rings. The first kappa shape index (κ1) is 20.6. The van der Waals surface area contributed by atoms with Crippen LogP contribution in [0.4, 0.5) is 5.69 Å². The third-order valence-corrected chi connectivity index (χ3v) is 5.63. The molecule has 2 aromatic rings. The highest BCUT2D eigenvalue weighted by Gasteiger charge is 2.16. The van der Waals surface area contributed by atoms with E-state index in [-0.39, 0.29) is 23.9 Å². The zero-order chi connectivity index (χ0) is 20.0. The Morgan fingerprint density at radius 1 is 1.19 bits per heavy atom. The molecule has 0 aliphatic heterocycles. The number of benzene rings is 2. The second kappa shape index (κ2) is 8.80. The number of nitrogens with zero attached hydrogens (tertiary/aromatic N) is 2. The van der Waals surface area contributed by atoms with Crippen LogP contribution in [0.1, 0.15) is 37.8 Å². The zero-order valence-corrected chi connectivity index (χ0v) is 16.5. The molecular weight excluding hydrogens is 362 g/mol. The second-order valence-electron chi connectivity index (χ2n) is 6.45. The molecule has 0 aliphatic rings. The minimum absolute atomic E-state index is 0.0601. The van der Waals surface area contributed by atoms with Gasteiger partial charge < -0.3 is 4.90 Å². The van der Waals surface area contributed by atoms with Crippen LogP contribution in [0, 0.1) is 11.3 Å². The van der Waals surface area contributed by atoms with E-state index in [2.05, 4.69) is 4.72 Å². The van der Waals surface area contributed by atoms with E-state index in [1.54, 1.807) is 48.5 Å². The molecule has 1 amide bonds. The van der Waals surface area contributed by atoms with Gasteiger partial charge in [0.25, 0.3) is 0 Å². The van der Waals surface area contributed by atoms with E-state index < -0.39 is 10.0 Å². The smallest absolute Gasteiger partial charge is 0.240 e. The summed E-state index contributed by atoms with van der Waals surface area (Å²) in [6, 6.07) is 15.4. The van der Waals surface area contributed by atoms with Crippen molar-refractivity contribution in [3.8, 4) is 6.07 Å². The highest BCUT2D eigenvalue weighted by molar-refractivity contribution is 7.89. The van der Waals surface area contributed by atoms with E-state index in [1.807, 2.05) is 19.9 Å². The predicted octanol–water partition coefficient (Wildman–Crippen LogP) is 3.01. The average molecular weight is 385 g/mol. The molecule has 0 aromatic heterocycles. The number of nitriles is 1. The Bertz CT molecular complexity index is 945. The van der Waals surface area contributed by atoms with E-state index in [0.29, 0.717) is 17.2 Å². The number of carbonyl (C=O) groups is 1. The van der Waals surface area contributed by atoms with Gasteiger partial charge in [0.1, 0.15) is 0 Å². The van der Waals surface area contributed by atoms with Crippen molar-refractivity contribution in [1.82, 2.24) is 4.72 Å². The number of sulfonamides is 1. The Kier molecular flexibility index (Phi) is 6.72. The number of hydrogen-bond acceptors (Lipinski definition) is 4. The average Bonchev–Trinajstić information content (AvgIpc) is 2.65. The molecule has 0 radical (unpaired) electrons. The Hall–Kier alpha value is -2.69. The molecule has 7 heteroatoms. The lowest BCUT2D eigenvalue weighted by atomic mass is 10.0. The Balaban J connectivity index is 2.07. The molecule has 0 saturated carbocycles. The number of amides is 1. The number of carbonyl (C=O) groups excluding carboxylic acids is 1. The van der Waals surface area contributed by atoms with Crippen LogP contribution in [0.5, 0.6) is 0 Å². The molecule has 2 aromatic carbocycles. The lowest BCUT2D eigenvalue weighted by molar-refractivity contribution is -0.116. The van der Waals surface area contributed by atoms with E-state index in [4.69, 9.17) is 5.26 Å². The quantitative estimate of drug-likeness (QED) is 0.793. The fraction of sp³-hybridized carbons (Fsp3) is 0.300. The predicted molar refractivity (Wildman–Crippen MR) is 105 cm³/mol. The summed E-state index contributed by atoms with van der Waals surface area (Å²) in [6.07, 6.45) is 0. The number of rotatable bonds is 7. The van der Waals surface area contributed by atoms with Gasteiger partial charge in [0, 0.05) is 25.7 Å². The summed E-state index contributed by atoms with van der Waals surface area (Å²) in [7, 11) is -3.66. The summed E-state index contributed by atoms with van der Waals surface area (Å²) >= 11 is 0. The molecule has 0 aliphatic carbocycles. The number of nitrogens with one attached hydrogen (secondary N) is 1. The van der Waals surface area contributed by atoms with E-state index in [1.165, 1.54) is 11.8 Å². The Labute approximate surface area is 160 Å². The topological polar surface area (TPSA) is 90.3 Å². The maximum atomic E-state index is 12.4. The fourth-order valence-corrected chi connectivity index (χ4v) is 3.64. The van der Waals surface area contributed by atoms with Crippen molar-refractivity contribution < 1.29 is 13.2 Å². The molecule has 0 spiro atoms. The van der Waals surface area contributed by atoms with Gasteiger partial charge in [0.2, 0.25) is 15.9 Å². The number of hydrogen-bond donors (Lipinski definition) is 1. The monoisotopic (exact) mass is 385 g/mol. The molecule has 0 bridgehead atoms. The van der Waals surface area contributed by atoms with Crippen LogP contribution in [0.2, 0.25) is 0 Å². The minimum Gasteiger partial charge on any atom is -0.311 e. The van der Waals surface area contributed by atoms with Crippen molar-refractivity contribution in [2.45, 2.75) is 31.6 Å². The van der Waals surface area contributed by atoms with Gasteiger partial charge in [-0.15, -0.1) is 0 Å². The summed E-state index contributed by atoms with van der Waals surface area (Å²) in [5.41, 5.74) is 2.06. The molecule has 0 saturated heterocycles. The van der Waals surface area contributed by atoms with Crippen LogP contribution in [-0.2, 0) is 14.8 Å². The van der Waals surface area contributed by atoms with Crippen LogP contribution < -0.4 is 9.62 Å². The molecule has 0 atom stereocenters. The van der Waals surface area contributed by atoms with Crippen LogP contribution in [-0.4, -0.2) is 27.4 Å². The first-order chi connectivity index (χ1) is 12.7. The van der Waals surface area contributed by atoms with Gasteiger partial charge in [-0.25, -0.2) is 13.1 Å². The third-order valence-electron chi connectivity index (χ3n) is 4.15. The Morgan fingerprint density at radius 3 is 2.41 bits per heavy atom. The highest BCUT2D eigenvalue weighted by atomic mass is 32.2. The minimum atomic E-state index is -3.66. The highest BCUT2D eigenvalue weighted by Crippen LogP contribution is 2.18. The van der Waals surface area contributed by atoms with E-state index in [9.17, 15) is 13.2 Å². The first-order valence-corrected chi connectivity index (χ1v) is 10.1. The first-order valence-electron chi connectivity index (χ1n) is 8.62. The van der Waals surface area contributed by atoms with Gasteiger partial charge >= 0.3 is 0 Å². The largest absolute Gasteiger partial charge is 0.311 e. The van der Waals surface area contributed by atoms with Crippen LogP contribution in [0.15, 0.2) is 53.4 Å². The van der Waals surface area contributed by atoms with E-state index >= 15 is 0 Å². The molecule has 1 N–H and O–H groups in total. The molecule has 6 nitrogen and oxygen atoms in total. The lowest BCUT2D eigenvalue weighted by Crippen LogP contribution is -2.37. The standard InChI is InChI=1S/C20H23N3O3S/c1-15(2)18-7-9-20(10-8-18)27(25,26)22-11-12-23(16(3)24)19-6-4-5-17(13-19)14-21/h4-10,13,15,22H,11-12H2,1-3H3. The van der Waals surface area contributed by atoms with Crippen LogP contribution in [0.3, 0.4) is 0 Å².